The smallest absolute Gasteiger partial charge is 0.254 e. The first-order valence-corrected chi connectivity index (χ1v) is 11.9. The molecule has 3 rings (SSSR count). The number of carbonyl (C=O) groups excluding carboxylic acids is 2. The van der Waals surface area contributed by atoms with Gasteiger partial charge in [-0.05, 0) is 54.8 Å². The Morgan fingerprint density at radius 1 is 1.00 bits per heavy atom. The molecule has 7 nitrogen and oxygen atoms in total. The zero-order chi connectivity index (χ0) is 24.7. The van der Waals surface area contributed by atoms with Gasteiger partial charge >= 0.3 is 0 Å². The summed E-state index contributed by atoms with van der Waals surface area (Å²) in [5, 5.41) is 2.89. The molecule has 0 aliphatic carbocycles. The van der Waals surface area contributed by atoms with Crippen LogP contribution in [0.4, 0.5) is 5.69 Å². The molecule has 0 spiro atoms. The molecule has 1 saturated heterocycles. The number of anilines is 1. The van der Waals surface area contributed by atoms with Gasteiger partial charge in [-0.1, -0.05) is 32.9 Å². The van der Waals surface area contributed by atoms with Crippen molar-refractivity contribution >= 4 is 17.5 Å². The van der Waals surface area contributed by atoms with E-state index < -0.39 is 0 Å². The van der Waals surface area contributed by atoms with Gasteiger partial charge in [0.05, 0.1) is 19.4 Å². The number of carbonyl (C=O) groups is 2. The topological polar surface area (TPSA) is 71.1 Å². The Morgan fingerprint density at radius 3 is 2.29 bits per heavy atom. The molecule has 0 bridgehead atoms. The zero-order valence-electron chi connectivity index (χ0n) is 21.0. The van der Waals surface area contributed by atoms with Crippen LogP contribution < -0.4 is 14.8 Å². The van der Waals surface area contributed by atoms with E-state index in [1.54, 1.807) is 25.3 Å². The lowest BCUT2D eigenvalue weighted by Crippen LogP contribution is -2.47. The molecule has 1 fully saturated rings. The van der Waals surface area contributed by atoms with Crippen molar-refractivity contribution < 1.29 is 19.1 Å². The summed E-state index contributed by atoms with van der Waals surface area (Å²) < 4.78 is 11.2. The lowest BCUT2D eigenvalue weighted by atomic mass is 9.87. The maximum absolute atomic E-state index is 12.9. The molecule has 0 aromatic heterocycles. The summed E-state index contributed by atoms with van der Waals surface area (Å²) in [6.45, 7) is 10.1. The number of benzene rings is 2. The van der Waals surface area contributed by atoms with Gasteiger partial charge in [-0.3, -0.25) is 9.59 Å². The third kappa shape index (κ3) is 6.97. The van der Waals surface area contributed by atoms with Crippen molar-refractivity contribution in [1.82, 2.24) is 9.80 Å². The van der Waals surface area contributed by atoms with Crippen LogP contribution in [0.5, 0.6) is 11.5 Å². The Labute approximate surface area is 203 Å². The van der Waals surface area contributed by atoms with Crippen molar-refractivity contribution in [2.24, 2.45) is 0 Å². The van der Waals surface area contributed by atoms with Gasteiger partial charge in [0.1, 0.15) is 11.5 Å². The minimum Gasteiger partial charge on any atom is -0.495 e. The second-order valence-electron chi connectivity index (χ2n) is 9.79. The number of methoxy groups -OCH3 is 1. The molecular formula is C27H37N3O4. The lowest BCUT2D eigenvalue weighted by Gasteiger charge is -2.32. The molecule has 0 unspecified atom stereocenters. The number of rotatable bonds is 8. The van der Waals surface area contributed by atoms with E-state index in [1.165, 1.54) is 5.56 Å². The molecule has 1 aliphatic heterocycles. The average Bonchev–Trinajstić information content (AvgIpc) is 2.81. The van der Waals surface area contributed by atoms with Crippen LogP contribution in [0.3, 0.4) is 0 Å². The first-order valence-electron chi connectivity index (χ1n) is 11.9. The fourth-order valence-electron chi connectivity index (χ4n) is 3.82. The van der Waals surface area contributed by atoms with E-state index in [2.05, 4.69) is 50.2 Å². The van der Waals surface area contributed by atoms with Crippen LogP contribution in [-0.4, -0.2) is 68.6 Å². The van der Waals surface area contributed by atoms with Gasteiger partial charge in [-0.25, -0.2) is 0 Å². The van der Waals surface area contributed by atoms with Gasteiger partial charge in [-0.2, -0.15) is 0 Å². The number of nitrogens with zero attached hydrogens (tertiary/aromatic N) is 2. The number of hydrogen-bond donors (Lipinski definition) is 1. The second kappa shape index (κ2) is 11.4. The van der Waals surface area contributed by atoms with Crippen molar-refractivity contribution in [1.29, 1.82) is 0 Å². The lowest BCUT2D eigenvalue weighted by molar-refractivity contribution is -0.116. The van der Waals surface area contributed by atoms with Gasteiger partial charge in [-0.15, -0.1) is 0 Å². The summed E-state index contributed by atoms with van der Waals surface area (Å²) >= 11 is 0. The van der Waals surface area contributed by atoms with E-state index in [4.69, 9.17) is 9.47 Å². The van der Waals surface area contributed by atoms with E-state index in [-0.39, 0.29) is 17.2 Å². The van der Waals surface area contributed by atoms with E-state index in [9.17, 15) is 9.59 Å². The summed E-state index contributed by atoms with van der Waals surface area (Å²) in [5.41, 5.74) is 2.40. The van der Waals surface area contributed by atoms with Crippen LogP contribution in [0.25, 0.3) is 0 Å². The zero-order valence-corrected chi connectivity index (χ0v) is 21.0. The van der Waals surface area contributed by atoms with Crippen LogP contribution in [0.1, 0.15) is 49.5 Å². The third-order valence-corrected chi connectivity index (χ3v) is 6.05. The quantitative estimate of drug-likeness (QED) is 0.590. The molecule has 2 amide bonds. The number of likely N-dealkylation sites (N-methyl/N-ethyl adjacent to an activating group) is 1. The number of ether oxygens (including phenoxy) is 2. The molecule has 2 aromatic carbocycles. The van der Waals surface area contributed by atoms with Crippen molar-refractivity contribution in [3.8, 4) is 11.5 Å². The molecule has 1 N–H and O–H groups in total. The Morgan fingerprint density at radius 2 is 1.68 bits per heavy atom. The SMILES string of the molecule is COc1ccc(C(=O)N2CCN(C)CC2)cc1NC(=O)CCCOc1ccc(C(C)(C)C)cc1. The van der Waals surface area contributed by atoms with Crippen LogP contribution in [-0.2, 0) is 10.2 Å². The highest BCUT2D eigenvalue weighted by molar-refractivity contribution is 5.98. The predicted molar refractivity (Wildman–Crippen MR) is 135 cm³/mol. The van der Waals surface area contributed by atoms with Crippen molar-refractivity contribution in [3.63, 3.8) is 0 Å². The Bertz CT molecular complexity index is 974. The third-order valence-electron chi connectivity index (χ3n) is 6.05. The summed E-state index contributed by atoms with van der Waals surface area (Å²) in [7, 11) is 3.60. The summed E-state index contributed by atoms with van der Waals surface area (Å²) in [6.07, 6.45) is 0.884. The van der Waals surface area contributed by atoms with Crippen LogP contribution in [0, 0.1) is 0 Å². The predicted octanol–water partition coefficient (Wildman–Crippen LogP) is 4.18. The maximum atomic E-state index is 12.9. The molecule has 2 aromatic rings. The monoisotopic (exact) mass is 467 g/mol. The van der Waals surface area contributed by atoms with E-state index in [1.807, 2.05) is 17.0 Å². The van der Waals surface area contributed by atoms with E-state index in [0.29, 0.717) is 49.5 Å². The minimum atomic E-state index is -0.144. The first-order chi connectivity index (χ1) is 16.2. The highest BCUT2D eigenvalue weighted by atomic mass is 16.5. The molecule has 7 heteroatoms. The van der Waals surface area contributed by atoms with Crippen molar-refractivity contribution in [2.75, 3.05) is 52.3 Å². The molecule has 1 aliphatic rings. The molecule has 184 valence electrons. The van der Waals surface area contributed by atoms with Crippen LogP contribution >= 0.6 is 0 Å². The molecule has 0 atom stereocenters. The average molecular weight is 468 g/mol. The normalized spacial score (nSPS) is 14.6. The van der Waals surface area contributed by atoms with Gasteiger partial charge in [0.2, 0.25) is 5.91 Å². The Hall–Kier alpha value is -3.06. The Balaban J connectivity index is 1.51. The van der Waals surface area contributed by atoms with Gasteiger partial charge in [0.15, 0.2) is 0 Å². The summed E-state index contributed by atoms with van der Waals surface area (Å²) in [6, 6.07) is 13.3. The fourth-order valence-corrected chi connectivity index (χ4v) is 3.82. The number of amides is 2. The molecule has 34 heavy (non-hydrogen) atoms. The molecular weight excluding hydrogens is 430 g/mol. The fraction of sp³-hybridized carbons (Fsp3) is 0.481. The van der Waals surface area contributed by atoms with E-state index in [0.717, 1.165) is 18.8 Å². The largest absolute Gasteiger partial charge is 0.495 e. The molecule has 1 heterocycles. The molecule has 0 saturated carbocycles. The van der Waals surface area contributed by atoms with Gasteiger partial charge < -0.3 is 24.6 Å². The van der Waals surface area contributed by atoms with Crippen LogP contribution in [0.15, 0.2) is 42.5 Å². The van der Waals surface area contributed by atoms with Crippen molar-refractivity contribution in [2.45, 2.75) is 39.0 Å². The number of piperazine rings is 1. The maximum Gasteiger partial charge on any atom is 0.254 e. The Kier molecular flexibility index (Phi) is 8.56. The number of hydrogen-bond acceptors (Lipinski definition) is 5. The highest BCUT2D eigenvalue weighted by Crippen LogP contribution is 2.27. The summed E-state index contributed by atoms with van der Waals surface area (Å²) in [5.74, 6) is 1.15. The molecule has 0 radical (unpaired) electrons. The van der Waals surface area contributed by atoms with E-state index >= 15 is 0 Å². The van der Waals surface area contributed by atoms with Crippen molar-refractivity contribution in [3.05, 3.63) is 53.6 Å². The summed E-state index contributed by atoms with van der Waals surface area (Å²) in [4.78, 5) is 29.5. The first kappa shape index (κ1) is 25.6. The van der Waals surface area contributed by atoms with Crippen LogP contribution in [0.2, 0.25) is 0 Å². The van der Waals surface area contributed by atoms with Gasteiger partial charge in [0.25, 0.3) is 5.91 Å². The van der Waals surface area contributed by atoms with Gasteiger partial charge in [0, 0.05) is 38.2 Å². The second-order valence-corrected chi connectivity index (χ2v) is 9.79. The number of nitrogens with one attached hydrogen (secondary N) is 1. The standard InChI is InChI=1S/C27H37N3O4/c1-27(2,3)21-9-11-22(12-10-21)34-18-6-7-25(31)28-23-19-20(8-13-24(23)33-5)26(32)30-16-14-29(4)15-17-30/h8-13,19H,6-7,14-18H2,1-5H3,(H,28,31). The highest BCUT2D eigenvalue weighted by Gasteiger charge is 2.21. The minimum absolute atomic E-state index is 0.0304.